The number of nitrogens with zero attached hydrogens (tertiary/aromatic N) is 1. The summed E-state index contributed by atoms with van der Waals surface area (Å²) in [5.74, 6) is -0.0592. The van der Waals surface area contributed by atoms with Crippen LogP contribution in [0, 0.1) is 6.92 Å². The van der Waals surface area contributed by atoms with Crippen LogP contribution in [0.5, 0.6) is 0 Å². The van der Waals surface area contributed by atoms with Gasteiger partial charge in [0.1, 0.15) is 0 Å². The monoisotopic (exact) mass is 344 g/mol. The molecule has 0 spiro atoms. The maximum absolute atomic E-state index is 12.4. The first-order chi connectivity index (χ1) is 11.4. The summed E-state index contributed by atoms with van der Waals surface area (Å²) in [6, 6.07) is 12.1. The molecule has 0 aliphatic carbocycles. The Labute approximate surface area is 140 Å². The van der Waals surface area contributed by atoms with Gasteiger partial charge in [-0.25, -0.2) is 17.9 Å². The number of carbonyl (C=O) groups excluding carboxylic acids is 2. The third-order valence-corrected chi connectivity index (χ3v) is 5.19. The number of carbonyl (C=O) groups is 2. The Hall–Kier alpha value is -2.67. The molecular weight excluding hydrogens is 328 g/mol. The number of hydrogen-bond acceptors (Lipinski definition) is 4. The Morgan fingerprint density at radius 3 is 2.46 bits per heavy atom. The van der Waals surface area contributed by atoms with Crippen LogP contribution in [0.1, 0.15) is 22.3 Å². The average Bonchev–Trinajstić information content (AvgIpc) is 2.55. The maximum Gasteiger partial charge on any atom is 0.335 e. The molecule has 0 saturated carbocycles. The summed E-state index contributed by atoms with van der Waals surface area (Å²) in [4.78, 5) is 25.7. The van der Waals surface area contributed by atoms with Crippen LogP contribution in [-0.4, -0.2) is 26.8 Å². The highest BCUT2D eigenvalue weighted by Gasteiger charge is 2.29. The second-order valence-electron chi connectivity index (χ2n) is 5.57. The van der Waals surface area contributed by atoms with Gasteiger partial charge in [-0.1, -0.05) is 29.8 Å². The Morgan fingerprint density at radius 1 is 1.08 bits per heavy atom. The number of para-hydroxylation sites is 1. The number of urea groups is 1. The van der Waals surface area contributed by atoms with Crippen LogP contribution in [0.2, 0.25) is 0 Å². The van der Waals surface area contributed by atoms with Gasteiger partial charge < -0.3 is 0 Å². The lowest BCUT2D eigenvalue weighted by Gasteiger charge is -2.28. The summed E-state index contributed by atoms with van der Waals surface area (Å²) in [7, 11) is -3.97. The van der Waals surface area contributed by atoms with E-state index in [4.69, 9.17) is 0 Å². The number of amides is 2. The van der Waals surface area contributed by atoms with E-state index < -0.39 is 16.1 Å². The molecule has 3 rings (SSSR count). The number of sulfonamides is 1. The molecule has 2 aromatic rings. The molecule has 0 fully saturated rings. The maximum atomic E-state index is 12.4. The molecule has 1 N–H and O–H groups in total. The van der Waals surface area contributed by atoms with Crippen molar-refractivity contribution in [3.63, 3.8) is 0 Å². The Bertz CT molecular complexity index is 904. The topological polar surface area (TPSA) is 83.6 Å². The van der Waals surface area contributed by atoms with Crippen LogP contribution in [0.25, 0.3) is 0 Å². The lowest BCUT2D eigenvalue weighted by Crippen LogP contribution is -2.46. The van der Waals surface area contributed by atoms with E-state index in [1.807, 2.05) is 6.92 Å². The molecule has 0 bridgehead atoms. The Balaban J connectivity index is 1.87. The number of Topliss-reactive ketones (excluding diaryl/α,β-unsaturated/α-hetero) is 1. The summed E-state index contributed by atoms with van der Waals surface area (Å²) in [6.45, 7) is 1.99. The fourth-order valence-corrected chi connectivity index (χ4v) is 3.52. The second kappa shape index (κ2) is 6.09. The predicted octanol–water partition coefficient (Wildman–Crippen LogP) is 2.49. The molecule has 2 aromatic carbocycles. The SMILES string of the molecule is Cc1ccc(S(=O)(=O)NC(=O)N2CCC(=O)c3ccccc32)cc1. The largest absolute Gasteiger partial charge is 0.335 e. The van der Waals surface area contributed by atoms with Crippen molar-refractivity contribution in [3.05, 3.63) is 59.7 Å². The van der Waals surface area contributed by atoms with Gasteiger partial charge in [0.25, 0.3) is 10.0 Å². The molecular formula is C17H16N2O4S. The minimum atomic E-state index is -3.97. The summed E-state index contributed by atoms with van der Waals surface area (Å²) in [5.41, 5.74) is 1.76. The number of rotatable bonds is 2. The third kappa shape index (κ3) is 3.03. The van der Waals surface area contributed by atoms with Crippen LogP contribution in [-0.2, 0) is 10.0 Å². The summed E-state index contributed by atoms with van der Waals surface area (Å²) in [5, 5.41) is 0. The molecule has 0 aromatic heterocycles. The summed E-state index contributed by atoms with van der Waals surface area (Å²) >= 11 is 0. The van der Waals surface area contributed by atoms with Crippen LogP contribution in [0.3, 0.4) is 0 Å². The minimum Gasteiger partial charge on any atom is -0.294 e. The first-order valence-electron chi connectivity index (χ1n) is 7.42. The van der Waals surface area contributed by atoms with Gasteiger partial charge in [-0.05, 0) is 31.2 Å². The van der Waals surface area contributed by atoms with E-state index in [1.54, 1.807) is 36.4 Å². The first-order valence-corrected chi connectivity index (χ1v) is 8.90. The van der Waals surface area contributed by atoms with Gasteiger partial charge in [0.2, 0.25) is 0 Å². The lowest BCUT2D eigenvalue weighted by atomic mass is 10.0. The number of aryl methyl sites for hydroxylation is 1. The quantitative estimate of drug-likeness (QED) is 0.907. The van der Waals surface area contributed by atoms with Gasteiger partial charge in [-0.15, -0.1) is 0 Å². The third-order valence-electron chi connectivity index (χ3n) is 3.86. The summed E-state index contributed by atoms with van der Waals surface area (Å²) < 4.78 is 26.8. The first kappa shape index (κ1) is 16.2. The zero-order valence-electron chi connectivity index (χ0n) is 13.0. The van der Waals surface area contributed by atoms with Crippen molar-refractivity contribution < 1.29 is 18.0 Å². The van der Waals surface area contributed by atoms with Gasteiger partial charge in [0, 0.05) is 18.5 Å². The molecule has 1 aliphatic rings. The number of hydrogen-bond donors (Lipinski definition) is 1. The van der Waals surface area contributed by atoms with Gasteiger partial charge in [-0.2, -0.15) is 0 Å². The van der Waals surface area contributed by atoms with Gasteiger partial charge >= 0.3 is 6.03 Å². The van der Waals surface area contributed by atoms with Crippen molar-refractivity contribution in [2.24, 2.45) is 0 Å². The van der Waals surface area contributed by atoms with Crippen LogP contribution in [0.15, 0.2) is 53.4 Å². The molecule has 1 heterocycles. The zero-order valence-corrected chi connectivity index (χ0v) is 13.8. The van der Waals surface area contributed by atoms with Gasteiger partial charge in [0.05, 0.1) is 10.6 Å². The van der Waals surface area contributed by atoms with E-state index in [-0.39, 0.29) is 23.6 Å². The molecule has 0 atom stereocenters. The fraction of sp³-hybridized carbons (Fsp3) is 0.176. The highest BCUT2D eigenvalue weighted by Crippen LogP contribution is 2.27. The smallest absolute Gasteiger partial charge is 0.294 e. The number of ketones is 1. The normalized spacial score (nSPS) is 14.2. The Morgan fingerprint density at radius 2 is 1.75 bits per heavy atom. The fourth-order valence-electron chi connectivity index (χ4n) is 2.57. The number of benzene rings is 2. The van der Waals surface area contributed by atoms with Crippen LogP contribution >= 0.6 is 0 Å². The van der Waals surface area contributed by atoms with E-state index in [1.165, 1.54) is 17.0 Å². The van der Waals surface area contributed by atoms with Crippen molar-refractivity contribution in [1.29, 1.82) is 0 Å². The highest BCUT2D eigenvalue weighted by molar-refractivity contribution is 7.90. The predicted molar refractivity (Wildman–Crippen MR) is 89.6 cm³/mol. The molecule has 0 radical (unpaired) electrons. The summed E-state index contributed by atoms with van der Waals surface area (Å²) in [6.07, 6.45) is 0.162. The highest BCUT2D eigenvalue weighted by atomic mass is 32.2. The molecule has 6 nitrogen and oxygen atoms in total. The van der Waals surface area contributed by atoms with Crippen molar-refractivity contribution in [2.75, 3.05) is 11.4 Å². The molecule has 1 aliphatic heterocycles. The van der Waals surface area contributed by atoms with Crippen molar-refractivity contribution in [3.8, 4) is 0 Å². The Kier molecular flexibility index (Phi) is 4.11. The molecule has 7 heteroatoms. The van der Waals surface area contributed by atoms with Crippen LogP contribution < -0.4 is 9.62 Å². The lowest BCUT2D eigenvalue weighted by molar-refractivity contribution is 0.0981. The van der Waals surface area contributed by atoms with Crippen molar-refractivity contribution in [2.45, 2.75) is 18.2 Å². The van der Waals surface area contributed by atoms with E-state index in [2.05, 4.69) is 4.72 Å². The van der Waals surface area contributed by atoms with Gasteiger partial charge in [-0.3, -0.25) is 9.69 Å². The minimum absolute atomic E-state index is 0.0165. The van der Waals surface area contributed by atoms with Gasteiger partial charge in [0.15, 0.2) is 5.78 Å². The molecule has 0 unspecified atom stereocenters. The van der Waals surface area contributed by atoms with E-state index in [0.717, 1.165) is 5.56 Å². The van der Waals surface area contributed by atoms with E-state index in [9.17, 15) is 18.0 Å². The zero-order chi connectivity index (χ0) is 17.3. The van der Waals surface area contributed by atoms with Crippen LogP contribution in [0.4, 0.5) is 10.5 Å². The number of fused-ring (bicyclic) bond motifs is 1. The molecule has 2 amide bonds. The number of anilines is 1. The standard InChI is InChI=1S/C17H16N2O4S/c1-12-6-8-13(9-7-12)24(22,23)18-17(21)19-11-10-16(20)14-4-2-3-5-15(14)19/h2-9H,10-11H2,1H3,(H,18,21). The molecule has 124 valence electrons. The second-order valence-corrected chi connectivity index (χ2v) is 7.25. The van der Waals surface area contributed by atoms with E-state index in [0.29, 0.717) is 11.3 Å². The number of nitrogens with one attached hydrogen (secondary N) is 1. The van der Waals surface area contributed by atoms with Crippen molar-refractivity contribution >= 4 is 27.5 Å². The molecule has 0 saturated heterocycles. The molecule has 24 heavy (non-hydrogen) atoms. The van der Waals surface area contributed by atoms with Crippen molar-refractivity contribution in [1.82, 2.24) is 4.72 Å². The van der Waals surface area contributed by atoms with E-state index >= 15 is 0 Å². The average molecular weight is 344 g/mol.